The monoisotopic (exact) mass is 628 g/mol. The minimum Gasteiger partial charge on any atom is -0.489 e. The third-order valence-electron chi connectivity index (χ3n) is 7.91. The number of methoxy groups -OCH3 is 1. The number of ether oxygens (including phenoxy) is 4. The Bertz CT molecular complexity index is 1870. The second-order valence-electron chi connectivity index (χ2n) is 11.2. The lowest BCUT2D eigenvalue weighted by atomic mass is 9.90. The lowest BCUT2D eigenvalue weighted by Gasteiger charge is -2.18. The Morgan fingerprint density at radius 3 is 1.70 bits per heavy atom. The number of carbonyl (C=O) groups is 3. The molecule has 0 aliphatic rings. The summed E-state index contributed by atoms with van der Waals surface area (Å²) in [7, 11) is 1.38. The van der Waals surface area contributed by atoms with Crippen LogP contribution in [0.25, 0.3) is 11.1 Å². The molecule has 0 fully saturated rings. The first kappa shape index (κ1) is 32.7. The highest BCUT2D eigenvalue weighted by atomic mass is 16.5. The van der Waals surface area contributed by atoms with Gasteiger partial charge in [0.05, 0.1) is 23.8 Å². The molecule has 5 rings (SSSR count). The summed E-state index contributed by atoms with van der Waals surface area (Å²) in [6, 6.07) is 32.8. The predicted octanol–water partition coefficient (Wildman–Crippen LogP) is 8.36. The molecule has 238 valence electrons. The minimum absolute atomic E-state index is 0.00553. The van der Waals surface area contributed by atoms with Crippen molar-refractivity contribution in [2.24, 2.45) is 0 Å². The Hall–Kier alpha value is -5.69. The molecule has 0 bridgehead atoms. The van der Waals surface area contributed by atoms with Gasteiger partial charge in [-0.2, -0.15) is 0 Å². The van der Waals surface area contributed by atoms with Gasteiger partial charge in [-0.3, -0.25) is 0 Å². The summed E-state index contributed by atoms with van der Waals surface area (Å²) in [5, 5.41) is 0. The van der Waals surface area contributed by atoms with E-state index in [2.05, 4.69) is 0 Å². The van der Waals surface area contributed by atoms with E-state index in [1.807, 2.05) is 81.4 Å². The van der Waals surface area contributed by atoms with Crippen LogP contribution in [-0.2, 0) is 34.0 Å². The Labute approximate surface area is 274 Å². The van der Waals surface area contributed by atoms with Crippen molar-refractivity contribution in [1.82, 2.24) is 0 Å². The average Bonchev–Trinajstić information content (AvgIpc) is 3.10. The number of aryl methyl sites for hydroxylation is 2. The van der Waals surface area contributed by atoms with E-state index < -0.39 is 11.9 Å². The summed E-state index contributed by atoms with van der Waals surface area (Å²) >= 11 is 0. The fourth-order valence-corrected chi connectivity index (χ4v) is 5.47. The molecule has 0 saturated carbocycles. The molecule has 0 amide bonds. The van der Waals surface area contributed by atoms with E-state index in [0.717, 1.165) is 44.7 Å². The molecule has 47 heavy (non-hydrogen) atoms. The molecule has 0 radical (unpaired) electrons. The van der Waals surface area contributed by atoms with Gasteiger partial charge in [-0.25, -0.2) is 14.4 Å². The van der Waals surface area contributed by atoms with Crippen LogP contribution in [0.15, 0.2) is 109 Å². The molecule has 0 saturated heterocycles. The van der Waals surface area contributed by atoms with Gasteiger partial charge < -0.3 is 18.9 Å². The summed E-state index contributed by atoms with van der Waals surface area (Å²) in [5.74, 6) is -0.537. The summed E-state index contributed by atoms with van der Waals surface area (Å²) < 4.78 is 22.5. The molecule has 0 atom stereocenters. The van der Waals surface area contributed by atoms with E-state index in [9.17, 15) is 14.4 Å². The van der Waals surface area contributed by atoms with E-state index in [1.165, 1.54) is 7.11 Å². The van der Waals surface area contributed by atoms with Gasteiger partial charge in [0, 0.05) is 0 Å². The lowest BCUT2D eigenvalue weighted by Crippen LogP contribution is -2.10. The quantitative estimate of drug-likeness (QED) is 0.107. The topological polar surface area (TPSA) is 88.1 Å². The molecule has 7 nitrogen and oxygen atoms in total. The number of hydrogen-bond donors (Lipinski definition) is 0. The van der Waals surface area contributed by atoms with Crippen molar-refractivity contribution in [2.45, 2.75) is 40.6 Å². The summed E-state index contributed by atoms with van der Waals surface area (Å²) in [5.41, 5.74) is 8.64. The van der Waals surface area contributed by atoms with E-state index in [1.54, 1.807) is 48.5 Å². The van der Waals surface area contributed by atoms with Crippen LogP contribution < -0.4 is 4.74 Å². The third kappa shape index (κ3) is 7.94. The maximum Gasteiger partial charge on any atom is 0.338 e. The summed E-state index contributed by atoms with van der Waals surface area (Å²) in [4.78, 5) is 37.5. The van der Waals surface area contributed by atoms with Crippen LogP contribution >= 0.6 is 0 Å². The summed E-state index contributed by atoms with van der Waals surface area (Å²) in [6.07, 6.45) is 0. The average molecular weight is 629 g/mol. The van der Waals surface area contributed by atoms with E-state index in [-0.39, 0.29) is 25.8 Å². The molecule has 0 N–H and O–H groups in total. The third-order valence-corrected chi connectivity index (χ3v) is 7.91. The van der Waals surface area contributed by atoms with Crippen molar-refractivity contribution < 1.29 is 33.3 Å². The molecule has 0 heterocycles. The fourth-order valence-electron chi connectivity index (χ4n) is 5.47. The molecular formula is C40H36O7. The van der Waals surface area contributed by atoms with Gasteiger partial charge in [-0.15, -0.1) is 0 Å². The maximum atomic E-state index is 12.7. The SMILES string of the molecule is COC(=O)c1cc(C)c(-c2cccc(OCc3ccc(COC(=O)c4ccccc4)c(COC(=O)c4ccccc4)c3)c2C)c(C)c1. The Morgan fingerprint density at radius 1 is 0.553 bits per heavy atom. The maximum absolute atomic E-state index is 12.7. The van der Waals surface area contributed by atoms with Crippen LogP contribution in [0.3, 0.4) is 0 Å². The second-order valence-corrected chi connectivity index (χ2v) is 11.2. The molecule has 5 aromatic rings. The highest BCUT2D eigenvalue weighted by Gasteiger charge is 2.17. The molecule has 0 aromatic heterocycles. The molecule has 0 unspecified atom stereocenters. The van der Waals surface area contributed by atoms with Gasteiger partial charge in [-0.1, -0.05) is 60.7 Å². The van der Waals surface area contributed by atoms with Gasteiger partial charge >= 0.3 is 17.9 Å². The van der Waals surface area contributed by atoms with Crippen molar-refractivity contribution in [3.8, 4) is 16.9 Å². The van der Waals surface area contributed by atoms with Gasteiger partial charge in [0.25, 0.3) is 0 Å². The lowest BCUT2D eigenvalue weighted by molar-refractivity contribution is 0.0435. The zero-order chi connectivity index (χ0) is 33.3. The minimum atomic E-state index is -0.447. The fraction of sp³-hybridized carbons (Fsp3) is 0.175. The molecule has 0 aliphatic carbocycles. The Kier molecular flexibility index (Phi) is 10.5. The first-order chi connectivity index (χ1) is 22.7. The number of rotatable bonds is 11. The van der Waals surface area contributed by atoms with Crippen LogP contribution in [0.4, 0.5) is 0 Å². The van der Waals surface area contributed by atoms with Crippen molar-refractivity contribution in [2.75, 3.05) is 7.11 Å². The molecular weight excluding hydrogens is 592 g/mol. The largest absolute Gasteiger partial charge is 0.489 e. The van der Waals surface area contributed by atoms with Gasteiger partial charge in [0.2, 0.25) is 0 Å². The second kappa shape index (κ2) is 15.1. The smallest absolute Gasteiger partial charge is 0.338 e. The van der Waals surface area contributed by atoms with Gasteiger partial charge in [0.15, 0.2) is 0 Å². The predicted molar refractivity (Wildman–Crippen MR) is 179 cm³/mol. The van der Waals surface area contributed by atoms with Crippen molar-refractivity contribution in [1.29, 1.82) is 0 Å². The molecule has 7 heteroatoms. The van der Waals surface area contributed by atoms with Crippen LogP contribution in [0, 0.1) is 20.8 Å². The normalized spacial score (nSPS) is 10.6. The summed E-state index contributed by atoms with van der Waals surface area (Å²) in [6.45, 7) is 6.24. The van der Waals surface area contributed by atoms with Crippen LogP contribution in [0.2, 0.25) is 0 Å². The number of hydrogen-bond acceptors (Lipinski definition) is 7. The first-order valence-electron chi connectivity index (χ1n) is 15.2. The van der Waals surface area contributed by atoms with Crippen molar-refractivity contribution in [3.63, 3.8) is 0 Å². The van der Waals surface area contributed by atoms with Gasteiger partial charge in [-0.05, 0) is 114 Å². The highest BCUT2D eigenvalue weighted by Crippen LogP contribution is 2.35. The number of benzene rings is 5. The highest BCUT2D eigenvalue weighted by molar-refractivity contribution is 5.92. The van der Waals surface area contributed by atoms with Crippen LogP contribution in [0.5, 0.6) is 5.75 Å². The van der Waals surface area contributed by atoms with Crippen molar-refractivity contribution >= 4 is 17.9 Å². The molecule has 0 spiro atoms. The van der Waals surface area contributed by atoms with E-state index in [4.69, 9.17) is 18.9 Å². The Morgan fingerprint density at radius 2 is 1.13 bits per heavy atom. The standard InChI is InChI=1S/C40H36O7/c1-26-20-33(38(41)44-4)21-27(2)37(26)35-16-11-17-36(28(35)3)45-23-29-18-19-32(24-46-39(42)30-12-7-5-8-13-30)34(22-29)25-47-40(43)31-14-9-6-10-15-31/h5-22H,23-25H2,1-4H3. The molecule has 0 aliphatic heterocycles. The van der Waals surface area contributed by atoms with Crippen LogP contribution in [-0.4, -0.2) is 25.0 Å². The zero-order valence-electron chi connectivity index (χ0n) is 26.9. The number of carbonyl (C=O) groups excluding carboxylic acids is 3. The van der Waals surface area contributed by atoms with Gasteiger partial charge in [0.1, 0.15) is 25.6 Å². The number of esters is 3. The first-order valence-corrected chi connectivity index (χ1v) is 15.2. The zero-order valence-corrected chi connectivity index (χ0v) is 26.9. The van der Waals surface area contributed by atoms with Crippen LogP contribution in [0.1, 0.15) is 64.5 Å². The Balaban J connectivity index is 1.35. The van der Waals surface area contributed by atoms with Crippen molar-refractivity contribution in [3.05, 3.63) is 159 Å². The molecule has 5 aromatic carbocycles. The van der Waals surface area contributed by atoms with E-state index >= 15 is 0 Å². The van der Waals surface area contributed by atoms with E-state index in [0.29, 0.717) is 22.3 Å².